The molecule has 1 saturated heterocycles. The fraction of sp³-hybridized carbons (Fsp3) is 0.368. The largest absolute Gasteiger partial charge is 0.507 e. The average molecular weight is 320 g/mol. The fourth-order valence-corrected chi connectivity index (χ4v) is 3.82. The Bertz CT molecular complexity index is 907. The number of phenolic OH excluding ortho intramolecular Hbond substituents is 1. The maximum Gasteiger partial charge on any atom is 0.125 e. The van der Waals surface area contributed by atoms with E-state index in [0.717, 1.165) is 35.4 Å². The first-order valence-electron chi connectivity index (χ1n) is 8.69. The molecule has 0 unspecified atom stereocenters. The SMILES string of the molecule is Oc1ccccc1-c1cc2c(cc([C@H]3CCNC3)n2C2CC2)nn1. The molecule has 5 rings (SSSR count). The zero-order chi connectivity index (χ0) is 16.1. The number of aromatic nitrogens is 3. The van der Waals surface area contributed by atoms with Gasteiger partial charge in [-0.25, -0.2) is 0 Å². The lowest BCUT2D eigenvalue weighted by atomic mass is 10.1. The van der Waals surface area contributed by atoms with Gasteiger partial charge in [0.15, 0.2) is 0 Å². The van der Waals surface area contributed by atoms with Gasteiger partial charge in [0, 0.05) is 29.8 Å². The molecule has 122 valence electrons. The van der Waals surface area contributed by atoms with E-state index in [-0.39, 0.29) is 5.75 Å². The van der Waals surface area contributed by atoms with Gasteiger partial charge >= 0.3 is 0 Å². The first-order valence-corrected chi connectivity index (χ1v) is 8.69. The van der Waals surface area contributed by atoms with E-state index in [9.17, 15) is 5.11 Å². The molecule has 24 heavy (non-hydrogen) atoms. The molecule has 3 heterocycles. The van der Waals surface area contributed by atoms with Crippen LogP contribution in [0.4, 0.5) is 0 Å². The van der Waals surface area contributed by atoms with Gasteiger partial charge in [-0.3, -0.25) is 0 Å². The molecule has 5 nitrogen and oxygen atoms in total. The van der Waals surface area contributed by atoms with Gasteiger partial charge in [-0.2, -0.15) is 0 Å². The molecule has 2 fully saturated rings. The van der Waals surface area contributed by atoms with Crippen LogP contribution in [-0.4, -0.2) is 33.0 Å². The van der Waals surface area contributed by atoms with E-state index in [1.807, 2.05) is 18.2 Å². The third-order valence-corrected chi connectivity index (χ3v) is 5.19. The lowest BCUT2D eigenvalue weighted by molar-refractivity contribution is 0.477. The van der Waals surface area contributed by atoms with Crippen molar-refractivity contribution in [3.63, 3.8) is 0 Å². The standard InChI is InChI=1S/C19H20N4O/c24-19-4-2-1-3-14(19)15-9-18-16(22-21-15)10-17(12-7-8-20-11-12)23(18)13-5-6-13/h1-4,9-10,12-13,20,24H,5-8,11H2/t12-/m0/s1. The van der Waals surface area contributed by atoms with Crippen molar-refractivity contribution in [2.45, 2.75) is 31.2 Å². The highest BCUT2D eigenvalue weighted by Crippen LogP contribution is 2.42. The highest BCUT2D eigenvalue weighted by molar-refractivity contribution is 5.82. The molecule has 1 aliphatic heterocycles. The molecule has 3 aromatic rings. The van der Waals surface area contributed by atoms with E-state index >= 15 is 0 Å². The Morgan fingerprint density at radius 3 is 2.71 bits per heavy atom. The van der Waals surface area contributed by atoms with Gasteiger partial charge in [-0.1, -0.05) is 12.1 Å². The predicted molar refractivity (Wildman–Crippen MR) is 93.1 cm³/mol. The van der Waals surface area contributed by atoms with Crippen molar-refractivity contribution in [2.75, 3.05) is 13.1 Å². The molecule has 0 bridgehead atoms. The molecule has 1 saturated carbocycles. The fourth-order valence-electron chi connectivity index (χ4n) is 3.82. The summed E-state index contributed by atoms with van der Waals surface area (Å²) in [7, 11) is 0. The van der Waals surface area contributed by atoms with Crippen molar-refractivity contribution in [1.29, 1.82) is 0 Å². The maximum absolute atomic E-state index is 10.1. The van der Waals surface area contributed by atoms with E-state index in [0.29, 0.717) is 12.0 Å². The molecule has 0 spiro atoms. The summed E-state index contributed by atoms with van der Waals surface area (Å²) >= 11 is 0. The number of para-hydroxylation sites is 1. The van der Waals surface area contributed by atoms with Crippen LogP contribution in [0.2, 0.25) is 0 Å². The van der Waals surface area contributed by atoms with Crippen LogP contribution < -0.4 is 5.32 Å². The van der Waals surface area contributed by atoms with Crippen LogP contribution in [0.15, 0.2) is 36.4 Å². The van der Waals surface area contributed by atoms with Crippen LogP contribution in [0.25, 0.3) is 22.3 Å². The minimum atomic E-state index is 0.246. The quantitative estimate of drug-likeness (QED) is 0.778. The lowest BCUT2D eigenvalue weighted by Gasteiger charge is -2.14. The van der Waals surface area contributed by atoms with E-state index in [2.05, 4.69) is 32.2 Å². The van der Waals surface area contributed by atoms with Crippen molar-refractivity contribution in [1.82, 2.24) is 20.1 Å². The van der Waals surface area contributed by atoms with Crippen LogP contribution in [0.5, 0.6) is 5.75 Å². The zero-order valence-electron chi connectivity index (χ0n) is 13.4. The van der Waals surface area contributed by atoms with E-state index in [1.54, 1.807) is 6.07 Å². The minimum Gasteiger partial charge on any atom is -0.507 e. The summed E-state index contributed by atoms with van der Waals surface area (Å²) in [5.41, 5.74) is 4.97. The number of phenols is 1. The average Bonchev–Trinajstić information content (AvgIpc) is 3.16. The Morgan fingerprint density at radius 2 is 1.96 bits per heavy atom. The van der Waals surface area contributed by atoms with Crippen LogP contribution in [0.1, 0.15) is 36.9 Å². The zero-order valence-corrected chi connectivity index (χ0v) is 13.4. The smallest absolute Gasteiger partial charge is 0.125 e. The van der Waals surface area contributed by atoms with Gasteiger partial charge in [0.1, 0.15) is 11.3 Å². The number of rotatable bonds is 3. The normalized spacial score (nSPS) is 20.8. The molecular weight excluding hydrogens is 300 g/mol. The minimum absolute atomic E-state index is 0.246. The van der Waals surface area contributed by atoms with Gasteiger partial charge in [0.2, 0.25) is 0 Å². The molecule has 2 aromatic heterocycles. The summed E-state index contributed by atoms with van der Waals surface area (Å²) in [5.74, 6) is 0.810. The summed E-state index contributed by atoms with van der Waals surface area (Å²) in [5, 5.41) is 22.4. The molecule has 1 aliphatic carbocycles. The Labute approximate surface area is 140 Å². The lowest BCUT2D eigenvalue weighted by Crippen LogP contribution is -2.11. The number of fused-ring (bicyclic) bond motifs is 1. The molecule has 1 atom stereocenters. The topological polar surface area (TPSA) is 63.0 Å². The second-order valence-corrected chi connectivity index (χ2v) is 6.88. The Hall–Kier alpha value is -2.40. The second-order valence-electron chi connectivity index (χ2n) is 6.88. The number of nitrogens with one attached hydrogen (secondary N) is 1. The molecule has 0 radical (unpaired) electrons. The van der Waals surface area contributed by atoms with E-state index < -0.39 is 0 Å². The maximum atomic E-state index is 10.1. The van der Waals surface area contributed by atoms with E-state index in [1.165, 1.54) is 25.0 Å². The van der Waals surface area contributed by atoms with E-state index in [4.69, 9.17) is 0 Å². The highest BCUT2D eigenvalue weighted by atomic mass is 16.3. The Kier molecular flexibility index (Phi) is 3.10. The predicted octanol–water partition coefficient (Wildman–Crippen LogP) is 3.22. The molecule has 2 N–H and O–H groups in total. The van der Waals surface area contributed by atoms with Gasteiger partial charge in [0.05, 0.1) is 11.2 Å². The highest BCUT2D eigenvalue weighted by Gasteiger charge is 2.31. The van der Waals surface area contributed by atoms with Gasteiger partial charge in [0.25, 0.3) is 0 Å². The second kappa shape index (κ2) is 5.31. The van der Waals surface area contributed by atoms with Crippen molar-refractivity contribution in [3.8, 4) is 17.0 Å². The van der Waals surface area contributed by atoms with Gasteiger partial charge in [-0.05, 0) is 50.1 Å². The Morgan fingerprint density at radius 1 is 1.08 bits per heavy atom. The number of hydrogen-bond donors (Lipinski definition) is 2. The monoisotopic (exact) mass is 320 g/mol. The molecule has 2 aliphatic rings. The number of benzene rings is 1. The molecule has 0 amide bonds. The van der Waals surface area contributed by atoms with Crippen LogP contribution in [0, 0.1) is 0 Å². The van der Waals surface area contributed by atoms with Gasteiger partial charge < -0.3 is 15.0 Å². The van der Waals surface area contributed by atoms with Crippen LogP contribution in [-0.2, 0) is 0 Å². The summed E-state index contributed by atoms with van der Waals surface area (Å²) in [6.45, 7) is 2.13. The van der Waals surface area contributed by atoms with Crippen molar-refractivity contribution >= 4 is 11.0 Å². The number of hydrogen-bond acceptors (Lipinski definition) is 4. The van der Waals surface area contributed by atoms with Crippen LogP contribution >= 0.6 is 0 Å². The summed E-state index contributed by atoms with van der Waals surface area (Å²) in [6.07, 6.45) is 3.67. The first-order chi connectivity index (χ1) is 11.8. The summed E-state index contributed by atoms with van der Waals surface area (Å²) in [6, 6.07) is 12.2. The number of aromatic hydroxyl groups is 1. The van der Waals surface area contributed by atoms with Crippen molar-refractivity contribution < 1.29 is 5.11 Å². The first kappa shape index (κ1) is 14.0. The number of nitrogens with zero attached hydrogens (tertiary/aromatic N) is 3. The summed E-state index contributed by atoms with van der Waals surface area (Å²) in [4.78, 5) is 0. The third-order valence-electron chi connectivity index (χ3n) is 5.19. The molecular formula is C19H20N4O. The van der Waals surface area contributed by atoms with Crippen molar-refractivity contribution in [3.05, 3.63) is 42.1 Å². The van der Waals surface area contributed by atoms with Crippen molar-refractivity contribution in [2.24, 2.45) is 0 Å². The molecule has 5 heteroatoms. The summed E-state index contributed by atoms with van der Waals surface area (Å²) < 4.78 is 2.48. The third kappa shape index (κ3) is 2.19. The Balaban J connectivity index is 1.68. The molecule has 1 aromatic carbocycles. The van der Waals surface area contributed by atoms with Crippen LogP contribution in [0.3, 0.4) is 0 Å². The van der Waals surface area contributed by atoms with Gasteiger partial charge in [-0.15, -0.1) is 10.2 Å².